The van der Waals surface area contributed by atoms with Crippen molar-refractivity contribution in [3.05, 3.63) is 36.8 Å². The van der Waals surface area contributed by atoms with Gasteiger partial charge in [-0.3, -0.25) is 4.98 Å². The number of nitrogens with two attached hydrogens (primary N) is 1. The van der Waals surface area contributed by atoms with Crippen LogP contribution in [0.5, 0.6) is 0 Å². The summed E-state index contributed by atoms with van der Waals surface area (Å²) >= 11 is 0. The Balaban J connectivity index is 2.39. The van der Waals surface area contributed by atoms with Crippen LogP contribution in [0.1, 0.15) is 0 Å². The second-order valence-electron chi connectivity index (χ2n) is 3.33. The first-order valence-corrected chi connectivity index (χ1v) is 4.73. The van der Waals surface area contributed by atoms with E-state index in [2.05, 4.69) is 20.5 Å². The van der Waals surface area contributed by atoms with Gasteiger partial charge in [0.05, 0.1) is 16.9 Å². The highest BCUT2D eigenvalue weighted by atomic mass is 15.5. The Bertz CT molecular complexity index is 631. The summed E-state index contributed by atoms with van der Waals surface area (Å²) in [4.78, 5) is 4.24. The maximum Gasteiger partial charge on any atom is 0.143 e. The number of anilines is 1. The largest absolute Gasteiger partial charge is 0.397 e. The molecule has 0 aliphatic carbocycles. The predicted octanol–water partition coefficient (Wildman–Crippen LogP) is 0.793. The second-order valence-corrected chi connectivity index (χ2v) is 3.33. The van der Waals surface area contributed by atoms with Crippen molar-refractivity contribution in [3.63, 3.8) is 0 Å². The average molecular weight is 212 g/mol. The molecule has 0 bridgehead atoms. The van der Waals surface area contributed by atoms with Crippen molar-refractivity contribution in [1.29, 1.82) is 0 Å². The van der Waals surface area contributed by atoms with Crippen LogP contribution >= 0.6 is 0 Å². The Hall–Kier alpha value is -2.50. The van der Waals surface area contributed by atoms with Crippen LogP contribution in [0.25, 0.3) is 16.6 Å². The zero-order valence-corrected chi connectivity index (χ0v) is 8.28. The summed E-state index contributed by atoms with van der Waals surface area (Å²) in [5.74, 6) is 0. The molecule has 0 aliphatic heterocycles. The molecule has 78 valence electrons. The van der Waals surface area contributed by atoms with Crippen molar-refractivity contribution < 1.29 is 0 Å². The number of tetrazole rings is 1. The van der Waals surface area contributed by atoms with Gasteiger partial charge in [0.1, 0.15) is 6.33 Å². The van der Waals surface area contributed by atoms with Gasteiger partial charge >= 0.3 is 0 Å². The van der Waals surface area contributed by atoms with Crippen molar-refractivity contribution in [2.75, 3.05) is 5.73 Å². The highest BCUT2D eigenvalue weighted by Gasteiger charge is 2.06. The van der Waals surface area contributed by atoms with Crippen LogP contribution in [0.2, 0.25) is 0 Å². The second kappa shape index (κ2) is 3.27. The van der Waals surface area contributed by atoms with E-state index >= 15 is 0 Å². The molecular weight excluding hydrogens is 204 g/mol. The number of benzene rings is 1. The molecule has 16 heavy (non-hydrogen) atoms. The molecule has 6 nitrogen and oxygen atoms in total. The molecule has 0 unspecified atom stereocenters. The van der Waals surface area contributed by atoms with E-state index in [4.69, 9.17) is 5.73 Å². The van der Waals surface area contributed by atoms with Gasteiger partial charge in [-0.25, -0.2) is 0 Å². The summed E-state index contributed by atoms with van der Waals surface area (Å²) in [6.45, 7) is 0. The van der Waals surface area contributed by atoms with Crippen molar-refractivity contribution >= 4 is 16.6 Å². The topological polar surface area (TPSA) is 82.5 Å². The summed E-state index contributed by atoms with van der Waals surface area (Å²) < 4.78 is 1.59. The lowest BCUT2D eigenvalue weighted by atomic mass is 10.1. The molecule has 3 rings (SSSR count). The SMILES string of the molecule is Nc1ccc(-n2cnnn2)c2cccnc12. The smallest absolute Gasteiger partial charge is 0.143 e. The van der Waals surface area contributed by atoms with Crippen molar-refractivity contribution in [2.45, 2.75) is 0 Å². The molecule has 0 saturated heterocycles. The third-order valence-corrected chi connectivity index (χ3v) is 2.37. The lowest BCUT2D eigenvalue weighted by Gasteiger charge is -2.06. The fraction of sp³-hybridized carbons (Fsp3) is 0. The molecule has 0 amide bonds. The molecule has 0 spiro atoms. The quantitative estimate of drug-likeness (QED) is 0.603. The molecule has 2 aromatic heterocycles. The standard InChI is InChI=1S/C10H8N6/c11-8-3-4-9(16-6-13-14-15-16)7-2-1-5-12-10(7)8/h1-6H,11H2. The third kappa shape index (κ3) is 1.20. The molecule has 0 atom stereocenters. The van der Waals surface area contributed by atoms with Crippen molar-refractivity contribution in [1.82, 2.24) is 25.2 Å². The van der Waals surface area contributed by atoms with E-state index in [0.717, 1.165) is 16.6 Å². The Morgan fingerprint density at radius 3 is 2.94 bits per heavy atom. The van der Waals surface area contributed by atoms with Crippen LogP contribution < -0.4 is 5.73 Å². The highest BCUT2D eigenvalue weighted by molar-refractivity contribution is 5.95. The van der Waals surface area contributed by atoms with Gasteiger partial charge in [-0.2, -0.15) is 4.68 Å². The fourth-order valence-electron chi connectivity index (χ4n) is 1.65. The molecule has 0 fully saturated rings. The van der Waals surface area contributed by atoms with Gasteiger partial charge in [0.15, 0.2) is 0 Å². The number of fused-ring (bicyclic) bond motifs is 1. The van der Waals surface area contributed by atoms with E-state index in [1.54, 1.807) is 16.9 Å². The lowest BCUT2D eigenvalue weighted by molar-refractivity contribution is 0.793. The molecule has 0 saturated carbocycles. The lowest BCUT2D eigenvalue weighted by Crippen LogP contribution is -1.99. The van der Waals surface area contributed by atoms with Crippen LogP contribution in [0.4, 0.5) is 5.69 Å². The molecule has 2 N–H and O–H groups in total. The molecular formula is C10H8N6. The van der Waals surface area contributed by atoms with Crippen LogP contribution in [0.3, 0.4) is 0 Å². The zero-order chi connectivity index (χ0) is 11.0. The van der Waals surface area contributed by atoms with E-state index in [-0.39, 0.29) is 0 Å². The van der Waals surface area contributed by atoms with Gasteiger partial charge in [-0.05, 0) is 34.7 Å². The monoisotopic (exact) mass is 212 g/mol. The summed E-state index contributed by atoms with van der Waals surface area (Å²) in [5.41, 5.74) is 8.12. The Labute approximate surface area is 90.7 Å². The summed E-state index contributed by atoms with van der Waals surface area (Å²) in [7, 11) is 0. The van der Waals surface area contributed by atoms with Crippen LogP contribution in [-0.4, -0.2) is 25.2 Å². The van der Waals surface area contributed by atoms with Gasteiger partial charge in [-0.1, -0.05) is 0 Å². The summed E-state index contributed by atoms with van der Waals surface area (Å²) in [6, 6.07) is 7.47. The molecule has 2 heterocycles. The number of aromatic nitrogens is 5. The van der Waals surface area contributed by atoms with Crippen LogP contribution in [0, 0.1) is 0 Å². The number of hydrogen-bond donors (Lipinski definition) is 1. The summed E-state index contributed by atoms with van der Waals surface area (Å²) in [5, 5.41) is 12.0. The minimum atomic E-state index is 0.646. The Morgan fingerprint density at radius 2 is 2.12 bits per heavy atom. The number of rotatable bonds is 1. The predicted molar refractivity (Wildman–Crippen MR) is 58.9 cm³/mol. The fourth-order valence-corrected chi connectivity index (χ4v) is 1.65. The molecule has 1 aromatic carbocycles. The zero-order valence-electron chi connectivity index (χ0n) is 8.28. The van der Waals surface area contributed by atoms with E-state index in [0.29, 0.717) is 5.69 Å². The van der Waals surface area contributed by atoms with E-state index in [1.807, 2.05) is 18.2 Å². The normalized spacial score (nSPS) is 10.8. The molecule has 0 aliphatic rings. The maximum absolute atomic E-state index is 5.86. The van der Waals surface area contributed by atoms with Crippen LogP contribution in [0.15, 0.2) is 36.8 Å². The van der Waals surface area contributed by atoms with Crippen LogP contribution in [-0.2, 0) is 0 Å². The molecule has 6 heteroatoms. The van der Waals surface area contributed by atoms with Gasteiger partial charge in [-0.15, -0.1) is 5.10 Å². The minimum Gasteiger partial charge on any atom is -0.397 e. The first kappa shape index (κ1) is 8.78. The molecule has 3 aromatic rings. The number of hydrogen-bond acceptors (Lipinski definition) is 5. The van der Waals surface area contributed by atoms with E-state index in [9.17, 15) is 0 Å². The van der Waals surface area contributed by atoms with Gasteiger partial charge in [0, 0.05) is 11.6 Å². The maximum atomic E-state index is 5.86. The summed E-state index contributed by atoms with van der Waals surface area (Å²) in [6.07, 6.45) is 3.25. The number of nitrogens with zero attached hydrogens (tertiary/aromatic N) is 5. The molecule has 0 radical (unpaired) electrons. The van der Waals surface area contributed by atoms with Gasteiger partial charge < -0.3 is 5.73 Å². The Morgan fingerprint density at radius 1 is 1.19 bits per heavy atom. The average Bonchev–Trinajstić information content (AvgIpc) is 2.83. The first-order valence-electron chi connectivity index (χ1n) is 4.73. The minimum absolute atomic E-state index is 0.646. The third-order valence-electron chi connectivity index (χ3n) is 2.37. The number of nitrogen functional groups attached to an aromatic ring is 1. The highest BCUT2D eigenvalue weighted by Crippen LogP contribution is 2.24. The Kier molecular flexibility index (Phi) is 1.79. The van der Waals surface area contributed by atoms with E-state index < -0.39 is 0 Å². The first-order chi connectivity index (χ1) is 7.86. The van der Waals surface area contributed by atoms with Crippen molar-refractivity contribution in [2.24, 2.45) is 0 Å². The van der Waals surface area contributed by atoms with E-state index in [1.165, 1.54) is 6.33 Å². The number of pyridine rings is 1. The van der Waals surface area contributed by atoms with Gasteiger partial charge in [0.2, 0.25) is 0 Å². The van der Waals surface area contributed by atoms with Crippen molar-refractivity contribution in [3.8, 4) is 5.69 Å². The van der Waals surface area contributed by atoms with Gasteiger partial charge in [0.25, 0.3) is 0 Å².